The van der Waals surface area contributed by atoms with Gasteiger partial charge in [-0.25, -0.2) is 0 Å². The maximum atomic E-state index is 9.75. The molecule has 0 amide bonds. The van der Waals surface area contributed by atoms with Crippen molar-refractivity contribution >= 4 is 15.8 Å². The molecule has 0 saturated heterocycles. The SMILES string of the molecule is C1CCC([P-]C2CCCCC2)CC1.F[B-](F)(F)F.[Li+]. The van der Waals surface area contributed by atoms with Crippen molar-refractivity contribution in [2.75, 3.05) is 0 Å². The monoisotopic (exact) mass is 291 g/mol. The quantitative estimate of drug-likeness (QED) is 0.417. The van der Waals surface area contributed by atoms with Gasteiger partial charge in [-0.15, -0.1) is 0 Å². The molecule has 0 atom stereocenters. The van der Waals surface area contributed by atoms with E-state index >= 15 is 0 Å². The van der Waals surface area contributed by atoms with Crippen molar-refractivity contribution in [3.05, 3.63) is 0 Å². The van der Waals surface area contributed by atoms with E-state index in [9.17, 15) is 17.3 Å². The van der Waals surface area contributed by atoms with Gasteiger partial charge in [0.05, 0.1) is 0 Å². The van der Waals surface area contributed by atoms with E-state index in [1.54, 1.807) is 0 Å². The van der Waals surface area contributed by atoms with Crippen LogP contribution in [0.1, 0.15) is 64.2 Å². The first-order chi connectivity index (χ1) is 8.45. The maximum Gasteiger partial charge on any atom is 1.00 e. The number of hydrogen-bond donors (Lipinski definition) is 0. The Bertz CT molecular complexity index is 194. The van der Waals surface area contributed by atoms with Gasteiger partial charge in [0.25, 0.3) is 0 Å². The van der Waals surface area contributed by atoms with Crippen molar-refractivity contribution in [1.29, 1.82) is 0 Å². The summed E-state index contributed by atoms with van der Waals surface area (Å²) in [7, 11) is -4.16. The van der Waals surface area contributed by atoms with E-state index in [4.69, 9.17) is 0 Å². The fourth-order valence-electron chi connectivity index (χ4n) is 2.76. The van der Waals surface area contributed by atoms with Crippen molar-refractivity contribution in [3.8, 4) is 0 Å². The predicted octanol–water partition coefficient (Wildman–Crippen LogP) is 2.90. The normalized spacial score (nSPS) is 22.1. The van der Waals surface area contributed by atoms with Gasteiger partial charge < -0.3 is 25.8 Å². The minimum Gasteiger partial charge on any atom is -0.533 e. The van der Waals surface area contributed by atoms with Gasteiger partial charge in [-0.3, -0.25) is 0 Å². The fraction of sp³-hybridized carbons (Fsp3) is 1.00. The van der Waals surface area contributed by atoms with Crippen LogP contribution in [0.15, 0.2) is 0 Å². The summed E-state index contributed by atoms with van der Waals surface area (Å²) < 4.78 is 39.0. The van der Waals surface area contributed by atoms with Crippen LogP contribution in [0.5, 0.6) is 0 Å². The third-order valence-electron chi connectivity index (χ3n) is 3.57. The van der Waals surface area contributed by atoms with Gasteiger partial charge in [0.15, 0.2) is 0 Å². The Morgan fingerprint density at radius 1 is 0.632 bits per heavy atom. The van der Waals surface area contributed by atoms with Gasteiger partial charge in [-0.1, -0.05) is 64.2 Å². The summed E-state index contributed by atoms with van der Waals surface area (Å²) in [4.78, 5) is 0. The Hall–Kier alpha value is 0.812. The van der Waals surface area contributed by atoms with Gasteiger partial charge in [0.1, 0.15) is 0 Å². The summed E-state index contributed by atoms with van der Waals surface area (Å²) in [5.41, 5.74) is 2.19. The van der Waals surface area contributed by atoms with Crippen molar-refractivity contribution in [1.82, 2.24) is 0 Å². The van der Waals surface area contributed by atoms with Crippen LogP contribution in [0.25, 0.3) is 0 Å². The molecule has 0 bridgehead atoms. The molecule has 0 aromatic carbocycles. The molecular weight excluding hydrogens is 269 g/mol. The first kappa shape index (κ1) is 19.8. The molecule has 0 N–H and O–H groups in total. The summed E-state index contributed by atoms with van der Waals surface area (Å²) in [6, 6.07) is 0. The molecule has 0 radical (unpaired) electrons. The Labute approximate surface area is 127 Å². The fourth-order valence-corrected chi connectivity index (χ4v) is 4.68. The largest absolute Gasteiger partial charge is 1.00 e. The smallest absolute Gasteiger partial charge is 0.533 e. The van der Waals surface area contributed by atoms with E-state index in [2.05, 4.69) is 0 Å². The predicted molar refractivity (Wildman–Crippen MR) is 70.9 cm³/mol. The van der Waals surface area contributed by atoms with E-state index in [1.807, 2.05) is 8.58 Å². The molecular formula is C12H22BF4LiP-. The molecule has 0 spiro atoms. The molecule has 0 aromatic rings. The molecule has 0 nitrogen and oxygen atoms in total. The second kappa shape index (κ2) is 10.5. The topological polar surface area (TPSA) is 0 Å². The van der Waals surface area contributed by atoms with Crippen LogP contribution in [0.2, 0.25) is 0 Å². The van der Waals surface area contributed by atoms with E-state index < -0.39 is 7.25 Å². The molecule has 2 aliphatic rings. The molecule has 2 fully saturated rings. The van der Waals surface area contributed by atoms with Crippen LogP contribution in [-0.2, 0) is 0 Å². The van der Waals surface area contributed by atoms with Crippen LogP contribution in [0.4, 0.5) is 17.3 Å². The molecule has 2 aliphatic carbocycles. The van der Waals surface area contributed by atoms with Gasteiger partial charge in [0, 0.05) is 0 Å². The Morgan fingerprint density at radius 2 is 0.895 bits per heavy atom. The number of halogens is 4. The average molecular weight is 291 g/mol. The first-order valence-corrected chi connectivity index (χ1v) is 8.06. The summed E-state index contributed by atoms with van der Waals surface area (Å²) in [6.45, 7) is 0. The summed E-state index contributed by atoms with van der Waals surface area (Å²) in [6.07, 6.45) is 15.3. The molecule has 0 unspecified atom stereocenters. The van der Waals surface area contributed by atoms with Crippen LogP contribution in [0.3, 0.4) is 0 Å². The maximum absolute atomic E-state index is 9.75. The molecule has 7 heteroatoms. The Kier molecular flexibility index (Phi) is 11.0. The zero-order chi connectivity index (χ0) is 13.4. The molecule has 2 saturated carbocycles. The molecule has 0 aromatic heterocycles. The third-order valence-corrected chi connectivity index (χ3v) is 5.45. The van der Waals surface area contributed by atoms with Crippen LogP contribution in [0, 0.1) is 0 Å². The summed E-state index contributed by atoms with van der Waals surface area (Å²) in [5.74, 6) is 0. The van der Waals surface area contributed by atoms with Crippen molar-refractivity contribution in [2.45, 2.75) is 75.5 Å². The van der Waals surface area contributed by atoms with Crippen LogP contribution >= 0.6 is 8.58 Å². The van der Waals surface area contributed by atoms with Crippen molar-refractivity contribution < 1.29 is 36.1 Å². The second-order valence-corrected chi connectivity index (χ2v) is 6.99. The Balaban J connectivity index is 0.000000471. The minimum atomic E-state index is -6.00. The van der Waals surface area contributed by atoms with Crippen LogP contribution in [-0.4, -0.2) is 18.6 Å². The van der Waals surface area contributed by atoms with E-state index in [1.165, 1.54) is 64.2 Å². The second-order valence-electron chi connectivity index (χ2n) is 5.23. The standard InChI is InChI=1S/C12H22P.BF4.Li/c1-3-7-11(8-4-1)13-12-9-5-2-6-10-12;2-1(3,4)5;/h11-12H,1-10H2;;/q2*-1;+1. The first-order valence-electron chi connectivity index (χ1n) is 7.02. The van der Waals surface area contributed by atoms with Gasteiger partial charge >= 0.3 is 26.1 Å². The minimum absolute atomic E-state index is 0. The van der Waals surface area contributed by atoms with E-state index in [0.29, 0.717) is 0 Å². The zero-order valence-electron chi connectivity index (χ0n) is 11.8. The van der Waals surface area contributed by atoms with Gasteiger partial charge in [-0.2, -0.15) is 11.3 Å². The van der Waals surface area contributed by atoms with E-state index in [-0.39, 0.29) is 18.9 Å². The average Bonchev–Trinajstić information content (AvgIpc) is 2.29. The summed E-state index contributed by atoms with van der Waals surface area (Å²) >= 11 is 0. The van der Waals surface area contributed by atoms with E-state index in [0.717, 1.165) is 11.3 Å². The zero-order valence-corrected chi connectivity index (χ0v) is 12.7. The molecule has 108 valence electrons. The molecule has 0 aliphatic heterocycles. The third kappa shape index (κ3) is 12.3. The number of hydrogen-bond acceptors (Lipinski definition) is 0. The van der Waals surface area contributed by atoms with Crippen molar-refractivity contribution in [3.63, 3.8) is 0 Å². The number of rotatable bonds is 2. The molecule has 2 rings (SSSR count). The van der Waals surface area contributed by atoms with Crippen molar-refractivity contribution in [2.24, 2.45) is 0 Å². The van der Waals surface area contributed by atoms with Gasteiger partial charge in [-0.05, 0) is 0 Å². The van der Waals surface area contributed by atoms with Crippen LogP contribution < -0.4 is 18.9 Å². The molecule has 19 heavy (non-hydrogen) atoms. The summed E-state index contributed by atoms with van der Waals surface area (Å²) in [5, 5.41) is 0. The molecule has 0 heterocycles. The Morgan fingerprint density at radius 3 is 1.16 bits per heavy atom. The van der Waals surface area contributed by atoms with Gasteiger partial charge in [0.2, 0.25) is 0 Å².